The molecule has 0 saturated carbocycles. The predicted octanol–water partition coefficient (Wildman–Crippen LogP) is 6.36. The zero-order chi connectivity index (χ0) is 21.1. The topological polar surface area (TPSA) is 43.6 Å². The summed E-state index contributed by atoms with van der Waals surface area (Å²) in [6, 6.07) is 19.9. The Hall–Kier alpha value is -2.66. The molecule has 4 aromatic rings. The molecule has 3 nitrogen and oxygen atoms in total. The van der Waals surface area contributed by atoms with Crippen LogP contribution in [-0.4, -0.2) is 5.11 Å². The van der Waals surface area contributed by atoms with Crippen molar-refractivity contribution in [1.29, 1.82) is 0 Å². The summed E-state index contributed by atoms with van der Waals surface area (Å²) in [5.41, 5.74) is 4.01. The molecule has 0 amide bonds. The smallest absolute Gasteiger partial charge is 0.175 e. The molecule has 0 aliphatic carbocycles. The van der Waals surface area contributed by atoms with Crippen LogP contribution in [0.2, 0.25) is 5.02 Å². The second-order valence-corrected chi connectivity index (χ2v) is 9.00. The highest BCUT2D eigenvalue weighted by atomic mass is 35.5. The Morgan fingerprint density at radius 3 is 2.57 bits per heavy atom. The molecule has 0 spiro atoms. The van der Waals surface area contributed by atoms with Gasteiger partial charge in [-0.05, 0) is 55.1 Å². The molecule has 0 aliphatic heterocycles. The average Bonchev–Trinajstić information content (AvgIpc) is 3.23. The molecule has 152 valence electrons. The first-order chi connectivity index (χ1) is 14.4. The lowest BCUT2D eigenvalue weighted by Gasteiger charge is -2.16. The summed E-state index contributed by atoms with van der Waals surface area (Å²) in [4.78, 5) is 4.25. The van der Waals surface area contributed by atoms with Crippen LogP contribution in [0.3, 0.4) is 0 Å². The number of pyridine rings is 1. The molecule has 0 fully saturated rings. The Kier molecular flexibility index (Phi) is 5.91. The summed E-state index contributed by atoms with van der Waals surface area (Å²) in [5, 5.41) is 13.1. The molecule has 2 aromatic carbocycles. The fourth-order valence-electron chi connectivity index (χ4n) is 3.28. The summed E-state index contributed by atoms with van der Waals surface area (Å²) in [6.45, 7) is 4.04. The van der Waals surface area contributed by atoms with E-state index < -0.39 is 5.60 Å². The van der Waals surface area contributed by atoms with E-state index in [2.05, 4.69) is 16.4 Å². The number of aliphatic hydroxyl groups is 1. The molecule has 30 heavy (non-hydrogen) atoms. The van der Waals surface area contributed by atoms with Gasteiger partial charge in [0, 0.05) is 26.6 Å². The van der Waals surface area contributed by atoms with Crippen molar-refractivity contribution in [2.45, 2.75) is 26.1 Å². The molecule has 0 saturated heterocycles. The Labute approximate surface area is 185 Å². The van der Waals surface area contributed by atoms with Crippen LogP contribution in [0.4, 0.5) is 0 Å². The van der Waals surface area contributed by atoms with E-state index in [1.54, 1.807) is 25.2 Å². The van der Waals surface area contributed by atoms with Crippen molar-refractivity contribution >= 4 is 22.9 Å². The number of halogens is 1. The first kappa shape index (κ1) is 20.6. The molecule has 0 aliphatic rings. The molecule has 2 aromatic heterocycles. The highest BCUT2D eigenvalue weighted by Crippen LogP contribution is 2.42. The number of hydrogen-bond acceptors (Lipinski definition) is 3. The maximum Gasteiger partial charge on any atom is 0.175 e. The maximum absolute atomic E-state index is 10.4. The second-order valence-electron chi connectivity index (χ2n) is 7.65. The fraction of sp³-hybridized carbons (Fsp3) is 0.160. The number of benzene rings is 2. The van der Waals surface area contributed by atoms with Crippen molar-refractivity contribution in [2.24, 2.45) is 0 Å². The highest BCUT2D eigenvalue weighted by Gasteiger charge is 2.21. The Balaban J connectivity index is 1.72. The van der Waals surface area contributed by atoms with Gasteiger partial charge in [-0.3, -0.25) is 0 Å². The third-order valence-electron chi connectivity index (χ3n) is 4.89. The zero-order valence-electron chi connectivity index (χ0n) is 16.9. The molecule has 4 rings (SSSR count). The Bertz CT molecular complexity index is 1150. The number of aromatic amines is 1. The fourth-order valence-corrected chi connectivity index (χ4v) is 4.35. The number of hydrogen-bond donors (Lipinski definition) is 1. The van der Waals surface area contributed by atoms with Gasteiger partial charge < -0.3 is 9.84 Å². The van der Waals surface area contributed by atoms with Crippen LogP contribution in [-0.2, 0) is 12.2 Å². The lowest BCUT2D eigenvalue weighted by molar-refractivity contribution is -0.378. The SMILES string of the molecule is CC(C)(O)c1c[nH+]cc(-c2sccc2-c2cc(Cl)ccc2OCc2ccccc2)c1. The van der Waals surface area contributed by atoms with Gasteiger partial charge in [0.1, 0.15) is 12.4 Å². The van der Waals surface area contributed by atoms with Crippen LogP contribution in [0.25, 0.3) is 21.6 Å². The van der Waals surface area contributed by atoms with Gasteiger partial charge >= 0.3 is 0 Å². The molecule has 0 atom stereocenters. The third-order valence-corrected chi connectivity index (χ3v) is 6.09. The molecular formula is C25H23ClNO2S+. The first-order valence-electron chi connectivity index (χ1n) is 9.70. The second kappa shape index (κ2) is 8.60. The van der Waals surface area contributed by atoms with E-state index in [9.17, 15) is 5.11 Å². The van der Waals surface area contributed by atoms with E-state index in [1.807, 2.05) is 67.0 Å². The maximum atomic E-state index is 10.4. The quantitative estimate of drug-likeness (QED) is 0.382. The predicted molar refractivity (Wildman–Crippen MR) is 123 cm³/mol. The normalized spacial score (nSPS) is 11.5. The van der Waals surface area contributed by atoms with Gasteiger partial charge in [-0.25, -0.2) is 4.98 Å². The van der Waals surface area contributed by atoms with E-state index in [4.69, 9.17) is 16.3 Å². The number of aromatic nitrogens is 1. The summed E-state index contributed by atoms with van der Waals surface area (Å²) in [5.74, 6) is 0.783. The van der Waals surface area contributed by atoms with E-state index in [1.165, 1.54) is 0 Å². The van der Waals surface area contributed by atoms with Crippen molar-refractivity contribution in [3.8, 4) is 27.3 Å². The van der Waals surface area contributed by atoms with Crippen LogP contribution in [0, 0.1) is 0 Å². The average molecular weight is 437 g/mol. The standard InChI is InChI=1S/C25H22ClNO2S/c1-25(2,28)19-12-18(14-27-15-19)24-21(10-11-30-24)22-13-20(26)8-9-23(22)29-16-17-6-4-3-5-7-17/h3-15,28H,16H2,1-2H3/p+1. The van der Waals surface area contributed by atoms with Gasteiger partial charge in [-0.2, -0.15) is 0 Å². The van der Waals surface area contributed by atoms with Crippen molar-refractivity contribution in [2.75, 3.05) is 0 Å². The number of H-pyrrole nitrogens is 1. The molecule has 0 bridgehead atoms. The zero-order valence-corrected chi connectivity index (χ0v) is 18.4. The Morgan fingerprint density at radius 2 is 1.80 bits per heavy atom. The van der Waals surface area contributed by atoms with Crippen LogP contribution >= 0.6 is 22.9 Å². The molecule has 0 radical (unpaired) electrons. The van der Waals surface area contributed by atoms with Gasteiger partial charge in [0.05, 0.1) is 11.2 Å². The molecular weight excluding hydrogens is 414 g/mol. The largest absolute Gasteiger partial charge is 0.488 e. The summed E-state index contributed by atoms with van der Waals surface area (Å²) < 4.78 is 6.17. The summed E-state index contributed by atoms with van der Waals surface area (Å²) in [7, 11) is 0. The van der Waals surface area contributed by atoms with Crippen LogP contribution in [0.1, 0.15) is 25.0 Å². The molecule has 0 unspecified atom stereocenters. The van der Waals surface area contributed by atoms with E-state index in [-0.39, 0.29) is 0 Å². The summed E-state index contributed by atoms with van der Waals surface area (Å²) in [6.07, 6.45) is 3.77. The van der Waals surface area contributed by atoms with Crippen LogP contribution in [0.15, 0.2) is 78.4 Å². The Morgan fingerprint density at radius 1 is 1.00 bits per heavy atom. The van der Waals surface area contributed by atoms with E-state index >= 15 is 0 Å². The molecule has 2 heterocycles. The molecule has 5 heteroatoms. The van der Waals surface area contributed by atoms with Gasteiger partial charge in [0.2, 0.25) is 0 Å². The lowest BCUT2D eigenvalue weighted by atomic mass is 9.97. The number of ether oxygens (including phenoxy) is 1. The first-order valence-corrected chi connectivity index (χ1v) is 11.0. The van der Waals surface area contributed by atoms with Gasteiger partial charge in [-0.15, -0.1) is 11.3 Å². The minimum absolute atomic E-state index is 0.483. The minimum Gasteiger partial charge on any atom is -0.488 e. The van der Waals surface area contributed by atoms with Crippen molar-refractivity contribution in [3.05, 3.63) is 94.6 Å². The lowest BCUT2D eigenvalue weighted by Crippen LogP contribution is -2.18. The van der Waals surface area contributed by atoms with E-state index in [0.717, 1.165) is 38.4 Å². The highest BCUT2D eigenvalue weighted by molar-refractivity contribution is 7.14. The monoisotopic (exact) mass is 436 g/mol. The number of nitrogens with one attached hydrogen (secondary N) is 1. The van der Waals surface area contributed by atoms with E-state index in [0.29, 0.717) is 11.6 Å². The van der Waals surface area contributed by atoms with Crippen LogP contribution < -0.4 is 9.72 Å². The minimum atomic E-state index is -0.927. The van der Waals surface area contributed by atoms with Crippen molar-refractivity contribution in [1.82, 2.24) is 0 Å². The van der Waals surface area contributed by atoms with Gasteiger partial charge in [0.25, 0.3) is 0 Å². The van der Waals surface area contributed by atoms with Crippen molar-refractivity contribution < 1.29 is 14.8 Å². The summed E-state index contributed by atoms with van der Waals surface area (Å²) >= 11 is 7.99. The molecule has 2 N–H and O–H groups in total. The third kappa shape index (κ3) is 4.57. The number of rotatable bonds is 6. The van der Waals surface area contributed by atoms with Gasteiger partial charge in [0.15, 0.2) is 12.4 Å². The van der Waals surface area contributed by atoms with Crippen LogP contribution in [0.5, 0.6) is 5.75 Å². The van der Waals surface area contributed by atoms with Crippen molar-refractivity contribution in [3.63, 3.8) is 0 Å². The number of thiophene rings is 1. The van der Waals surface area contributed by atoms with Gasteiger partial charge in [-0.1, -0.05) is 41.9 Å².